The molecule has 1 unspecified atom stereocenters. The van der Waals surface area contributed by atoms with Gasteiger partial charge in [0, 0.05) is 52.1 Å². The number of rotatable bonds is 14. The van der Waals surface area contributed by atoms with Crippen molar-refractivity contribution < 1.29 is 14.3 Å². The molecule has 5 nitrogen and oxygen atoms in total. The number of nitrogens with zero attached hydrogens (tertiary/aromatic N) is 1. The molecule has 0 aliphatic carbocycles. The molecule has 2 aliphatic rings. The van der Waals surface area contributed by atoms with Gasteiger partial charge in [-0.1, -0.05) is 101 Å². The fourth-order valence-corrected chi connectivity index (χ4v) is 7.47. The van der Waals surface area contributed by atoms with Gasteiger partial charge < -0.3 is 19.7 Å². The Hall–Kier alpha value is -5.03. The zero-order valence-electron chi connectivity index (χ0n) is 29.6. The van der Waals surface area contributed by atoms with Crippen molar-refractivity contribution in [1.29, 1.82) is 0 Å². The molecular formula is C45H48N2O3. The van der Waals surface area contributed by atoms with Gasteiger partial charge in [-0.15, -0.1) is 0 Å². The largest absolute Gasteiger partial charge is 0.456 e. The number of unbranched alkanes of at least 4 members (excludes halogenated alkanes) is 6. The molecule has 5 aromatic rings. The molecule has 5 heteroatoms. The average molecular weight is 665 g/mol. The second-order valence-corrected chi connectivity index (χ2v) is 13.7. The van der Waals surface area contributed by atoms with Gasteiger partial charge in [0.2, 0.25) is 0 Å². The molecule has 0 amide bonds. The predicted octanol–water partition coefficient (Wildman–Crippen LogP) is 12.1. The van der Waals surface area contributed by atoms with Crippen LogP contribution < -0.4 is 15.0 Å². The first-order chi connectivity index (χ1) is 24.5. The number of benzene rings is 5. The average Bonchev–Trinajstić information content (AvgIpc) is 3.44. The van der Waals surface area contributed by atoms with E-state index in [1.165, 1.54) is 56.2 Å². The van der Waals surface area contributed by atoms with E-state index in [0.29, 0.717) is 17.1 Å². The third kappa shape index (κ3) is 6.49. The predicted molar refractivity (Wildman–Crippen MR) is 205 cm³/mol. The van der Waals surface area contributed by atoms with E-state index >= 15 is 0 Å². The summed E-state index contributed by atoms with van der Waals surface area (Å²) in [6.45, 7) is 7.49. The molecule has 0 bridgehead atoms. The van der Waals surface area contributed by atoms with Gasteiger partial charge in [0.25, 0.3) is 0 Å². The normalized spacial score (nSPS) is 15.5. The molecule has 0 saturated heterocycles. The van der Waals surface area contributed by atoms with Crippen molar-refractivity contribution >= 4 is 28.7 Å². The number of fused-ring (bicyclic) bond motifs is 6. The summed E-state index contributed by atoms with van der Waals surface area (Å²) >= 11 is 0. The van der Waals surface area contributed by atoms with Crippen molar-refractivity contribution in [3.8, 4) is 11.5 Å². The van der Waals surface area contributed by atoms with Crippen molar-refractivity contribution in [3.63, 3.8) is 0 Å². The molecule has 5 aromatic carbocycles. The van der Waals surface area contributed by atoms with Crippen LogP contribution in [0.4, 0.5) is 22.7 Å². The number of carbonyl (C=O) groups is 1. The topological polar surface area (TPSA) is 50.8 Å². The minimum absolute atomic E-state index is 0.325. The highest BCUT2D eigenvalue weighted by molar-refractivity contribution is 5.97. The van der Waals surface area contributed by atoms with Gasteiger partial charge >= 0.3 is 5.97 Å². The van der Waals surface area contributed by atoms with Gasteiger partial charge in [0.05, 0.1) is 5.56 Å². The van der Waals surface area contributed by atoms with Crippen LogP contribution in [0.25, 0.3) is 0 Å². The van der Waals surface area contributed by atoms with E-state index in [1.807, 2.05) is 54.6 Å². The summed E-state index contributed by atoms with van der Waals surface area (Å²) in [5.74, 6) is 1.07. The molecule has 256 valence electrons. The number of carbonyl (C=O) groups excluding carboxylic acids is 1. The van der Waals surface area contributed by atoms with Crippen molar-refractivity contribution in [2.45, 2.75) is 84.2 Å². The van der Waals surface area contributed by atoms with Gasteiger partial charge in [-0.2, -0.15) is 0 Å². The Morgan fingerprint density at radius 2 is 1.36 bits per heavy atom. The molecule has 0 aromatic heterocycles. The van der Waals surface area contributed by atoms with Gasteiger partial charge in [0.15, 0.2) is 5.60 Å². The Bertz CT molecular complexity index is 1950. The fourth-order valence-electron chi connectivity index (χ4n) is 7.47. The number of anilines is 4. The van der Waals surface area contributed by atoms with E-state index in [1.54, 1.807) is 0 Å². The minimum Gasteiger partial charge on any atom is -0.456 e. The van der Waals surface area contributed by atoms with E-state index in [4.69, 9.17) is 9.47 Å². The van der Waals surface area contributed by atoms with Gasteiger partial charge in [-0.05, 0) is 91.9 Å². The number of ether oxygens (including phenoxy) is 2. The van der Waals surface area contributed by atoms with Crippen LogP contribution in [0.1, 0.15) is 103 Å². The molecule has 1 N–H and O–H groups in total. The fraction of sp³-hybridized carbons (Fsp3) is 0.311. The maximum absolute atomic E-state index is 13.6. The third-order valence-corrected chi connectivity index (χ3v) is 10.2. The summed E-state index contributed by atoms with van der Waals surface area (Å²) in [7, 11) is 0. The smallest absolute Gasteiger partial charge is 0.340 e. The summed E-state index contributed by atoms with van der Waals surface area (Å²) < 4.78 is 13.4. The lowest BCUT2D eigenvalue weighted by Crippen LogP contribution is -2.33. The van der Waals surface area contributed by atoms with Crippen LogP contribution in [0.3, 0.4) is 0 Å². The van der Waals surface area contributed by atoms with E-state index in [0.717, 1.165) is 58.7 Å². The zero-order chi connectivity index (χ0) is 34.5. The number of hydrogen-bond acceptors (Lipinski definition) is 5. The monoisotopic (exact) mass is 664 g/mol. The van der Waals surface area contributed by atoms with E-state index in [2.05, 4.69) is 85.6 Å². The molecule has 2 aliphatic heterocycles. The molecule has 0 radical (unpaired) electrons. The Morgan fingerprint density at radius 3 is 2.16 bits per heavy atom. The van der Waals surface area contributed by atoms with Crippen LogP contribution in [0.15, 0.2) is 109 Å². The number of nitrogens with one attached hydrogen (secondary N) is 1. The third-order valence-electron chi connectivity index (χ3n) is 10.2. The van der Waals surface area contributed by atoms with Crippen molar-refractivity contribution in [3.05, 3.63) is 143 Å². The molecule has 0 saturated carbocycles. The molecule has 1 spiro atoms. The standard InChI is InChI=1S/C45H48N2O3/c1-4-6-8-9-10-16-28-47(35-24-22-33(23-25-35)17-7-5-2)36-26-27-39-43(30-36)49-42-29-32(3)41(46-34-18-12-11-13-19-34)31-40(42)45(39)38-21-15-14-20-37(38)44(48)50-45/h11-15,18-27,29-31,46H,4-10,16-17,28H2,1-3H3. The van der Waals surface area contributed by atoms with Crippen molar-refractivity contribution in [2.75, 3.05) is 16.8 Å². The minimum atomic E-state index is -1.14. The first-order valence-corrected chi connectivity index (χ1v) is 18.5. The lowest BCUT2D eigenvalue weighted by Gasteiger charge is -2.38. The van der Waals surface area contributed by atoms with Crippen LogP contribution >= 0.6 is 0 Å². The molecule has 1 atom stereocenters. The first kappa shape index (κ1) is 33.5. The molecular weight excluding hydrogens is 617 g/mol. The van der Waals surface area contributed by atoms with E-state index in [-0.39, 0.29) is 5.97 Å². The van der Waals surface area contributed by atoms with Gasteiger partial charge in [-0.25, -0.2) is 4.79 Å². The Kier molecular flexibility index (Phi) is 9.93. The lowest BCUT2D eigenvalue weighted by molar-refractivity contribution is 0.0224. The first-order valence-electron chi connectivity index (χ1n) is 18.5. The summed E-state index contributed by atoms with van der Waals surface area (Å²) in [4.78, 5) is 16.0. The maximum Gasteiger partial charge on any atom is 0.340 e. The highest BCUT2D eigenvalue weighted by Crippen LogP contribution is 2.57. The number of esters is 1. The SMILES string of the molecule is CCCCCCCCN(c1ccc(CCCC)cc1)c1ccc2c(c1)Oc1cc(C)c(Nc3ccccc3)cc1C21OC(=O)c2ccccc21. The summed E-state index contributed by atoms with van der Waals surface area (Å²) in [5, 5.41) is 3.58. The van der Waals surface area contributed by atoms with Crippen LogP contribution in [-0.4, -0.2) is 12.5 Å². The Balaban J connectivity index is 1.30. The summed E-state index contributed by atoms with van der Waals surface area (Å²) in [5.41, 5.74) is 8.50. The maximum atomic E-state index is 13.6. The van der Waals surface area contributed by atoms with Crippen LogP contribution in [-0.2, 0) is 16.8 Å². The van der Waals surface area contributed by atoms with Crippen LogP contribution in [0.2, 0.25) is 0 Å². The lowest BCUT2D eigenvalue weighted by atomic mass is 9.77. The quantitative estimate of drug-likeness (QED) is 0.0946. The molecule has 50 heavy (non-hydrogen) atoms. The molecule has 7 rings (SSSR count). The zero-order valence-corrected chi connectivity index (χ0v) is 29.6. The number of aryl methyl sites for hydroxylation is 2. The van der Waals surface area contributed by atoms with E-state index < -0.39 is 5.60 Å². The van der Waals surface area contributed by atoms with Gasteiger partial charge in [0.1, 0.15) is 11.5 Å². The Morgan fingerprint density at radius 1 is 0.660 bits per heavy atom. The van der Waals surface area contributed by atoms with Crippen molar-refractivity contribution in [2.24, 2.45) is 0 Å². The second kappa shape index (κ2) is 14.8. The number of para-hydroxylation sites is 1. The molecule has 0 fully saturated rings. The van der Waals surface area contributed by atoms with E-state index in [9.17, 15) is 4.79 Å². The Labute approximate surface area is 297 Å². The highest BCUT2D eigenvalue weighted by atomic mass is 16.6. The van der Waals surface area contributed by atoms with Crippen LogP contribution in [0, 0.1) is 6.92 Å². The van der Waals surface area contributed by atoms with Gasteiger partial charge in [-0.3, -0.25) is 0 Å². The van der Waals surface area contributed by atoms with Crippen molar-refractivity contribution in [1.82, 2.24) is 0 Å². The summed E-state index contributed by atoms with van der Waals surface area (Å²) in [6.07, 6.45) is 10.9. The highest BCUT2D eigenvalue weighted by Gasteiger charge is 2.53. The van der Waals surface area contributed by atoms with Crippen LogP contribution in [0.5, 0.6) is 11.5 Å². The summed E-state index contributed by atoms with van der Waals surface area (Å²) in [6, 6.07) is 37.5. The second-order valence-electron chi connectivity index (χ2n) is 13.7. The number of hydrogen-bond donors (Lipinski definition) is 1. The molecule has 2 heterocycles.